The van der Waals surface area contributed by atoms with Crippen LogP contribution in [0.15, 0.2) is 6.20 Å². The summed E-state index contributed by atoms with van der Waals surface area (Å²) in [5, 5.41) is 11.6. The Hall–Kier alpha value is -1.47. The van der Waals surface area contributed by atoms with Crippen molar-refractivity contribution < 1.29 is 9.53 Å². The van der Waals surface area contributed by atoms with Crippen LogP contribution in [0.1, 0.15) is 39.4 Å². The quantitative estimate of drug-likeness (QED) is 0.843. The molecule has 22 heavy (non-hydrogen) atoms. The lowest BCUT2D eigenvalue weighted by Crippen LogP contribution is -2.52. The third kappa shape index (κ3) is 4.27. The Morgan fingerprint density at radius 1 is 1.32 bits per heavy atom. The molecule has 1 N–H and O–H groups in total. The van der Waals surface area contributed by atoms with E-state index in [9.17, 15) is 4.79 Å². The van der Waals surface area contributed by atoms with E-state index in [1.54, 1.807) is 0 Å². The molecule has 1 aliphatic heterocycles. The number of nitrogens with one attached hydrogen (secondary N) is 1. The largest absolute Gasteiger partial charge is 0.378 e. The highest BCUT2D eigenvalue weighted by molar-refractivity contribution is 5.82. The van der Waals surface area contributed by atoms with Gasteiger partial charge >= 0.3 is 0 Å². The van der Waals surface area contributed by atoms with Gasteiger partial charge in [0.2, 0.25) is 5.91 Å². The highest BCUT2D eigenvalue weighted by atomic mass is 16.5. The van der Waals surface area contributed by atoms with E-state index in [0.717, 1.165) is 5.69 Å². The summed E-state index contributed by atoms with van der Waals surface area (Å²) in [6.45, 7) is 11.4. The molecule has 124 valence electrons. The van der Waals surface area contributed by atoms with E-state index < -0.39 is 0 Å². The number of nitrogens with zero attached hydrogens (tertiary/aromatic N) is 4. The van der Waals surface area contributed by atoms with Gasteiger partial charge < -0.3 is 9.64 Å². The SMILES string of the molecule is CC(C)[C@H](NCc1cn(C(C)C)nn1)C(=O)N1CCOCC1. The molecule has 0 radical (unpaired) electrons. The van der Waals surface area contributed by atoms with Crippen LogP contribution in [0.3, 0.4) is 0 Å². The molecule has 1 aromatic rings. The molecule has 7 nitrogen and oxygen atoms in total. The molecule has 1 aromatic heterocycles. The van der Waals surface area contributed by atoms with Crippen LogP contribution in [-0.4, -0.2) is 58.1 Å². The van der Waals surface area contributed by atoms with Gasteiger partial charge in [-0.05, 0) is 19.8 Å². The van der Waals surface area contributed by atoms with E-state index in [1.165, 1.54) is 0 Å². The first-order chi connectivity index (χ1) is 10.5. The minimum Gasteiger partial charge on any atom is -0.378 e. The van der Waals surface area contributed by atoms with Crippen LogP contribution >= 0.6 is 0 Å². The fourth-order valence-corrected chi connectivity index (χ4v) is 2.45. The monoisotopic (exact) mass is 309 g/mol. The number of morpholine rings is 1. The van der Waals surface area contributed by atoms with E-state index in [-0.39, 0.29) is 23.9 Å². The summed E-state index contributed by atoms with van der Waals surface area (Å²) >= 11 is 0. The molecule has 1 fully saturated rings. The number of carbonyl (C=O) groups is 1. The normalized spacial score (nSPS) is 17.3. The fourth-order valence-electron chi connectivity index (χ4n) is 2.45. The first-order valence-electron chi connectivity index (χ1n) is 7.99. The number of aromatic nitrogens is 3. The van der Waals surface area contributed by atoms with E-state index >= 15 is 0 Å². The third-order valence-electron chi connectivity index (χ3n) is 3.85. The van der Waals surface area contributed by atoms with E-state index in [4.69, 9.17) is 4.74 Å². The maximum absolute atomic E-state index is 12.6. The first-order valence-corrected chi connectivity index (χ1v) is 7.99. The molecule has 1 amide bonds. The number of ether oxygens (including phenoxy) is 1. The average molecular weight is 309 g/mol. The zero-order valence-electron chi connectivity index (χ0n) is 14.0. The Bertz CT molecular complexity index is 480. The Balaban J connectivity index is 1.94. The van der Waals surface area contributed by atoms with Crippen LogP contribution < -0.4 is 5.32 Å². The Morgan fingerprint density at radius 2 is 2.00 bits per heavy atom. The van der Waals surface area contributed by atoms with Crippen molar-refractivity contribution in [1.29, 1.82) is 0 Å². The molecule has 0 saturated carbocycles. The average Bonchev–Trinajstić information content (AvgIpc) is 2.97. The smallest absolute Gasteiger partial charge is 0.240 e. The third-order valence-corrected chi connectivity index (χ3v) is 3.85. The molecule has 7 heteroatoms. The minimum absolute atomic E-state index is 0.148. The lowest BCUT2D eigenvalue weighted by Gasteiger charge is -2.32. The minimum atomic E-state index is -0.206. The van der Waals surface area contributed by atoms with Crippen molar-refractivity contribution in [3.05, 3.63) is 11.9 Å². The van der Waals surface area contributed by atoms with Gasteiger partial charge in [-0.3, -0.25) is 10.1 Å². The van der Waals surface area contributed by atoms with Crippen molar-refractivity contribution in [3.63, 3.8) is 0 Å². The predicted octanol–water partition coefficient (Wildman–Crippen LogP) is 0.832. The molecular weight excluding hydrogens is 282 g/mol. The van der Waals surface area contributed by atoms with Crippen molar-refractivity contribution in [2.45, 2.75) is 46.3 Å². The summed E-state index contributed by atoms with van der Waals surface area (Å²) in [7, 11) is 0. The lowest BCUT2D eigenvalue weighted by atomic mass is 10.0. The van der Waals surface area contributed by atoms with Crippen LogP contribution in [0, 0.1) is 5.92 Å². The number of rotatable bonds is 6. The second-order valence-corrected chi connectivity index (χ2v) is 6.32. The molecule has 1 aliphatic rings. The summed E-state index contributed by atoms with van der Waals surface area (Å²) in [6.07, 6.45) is 1.92. The summed E-state index contributed by atoms with van der Waals surface area (Å²) in [5.41, 5.74) is 0.856. The second kappa shape index (κ2) is 7.69. The summed E-state index contributed by atoms with van der Waals surface area (Å²) in [4.78, 5) is 14.5. The van der Waals surface area contributed by atoms with Gasteiger partial charge in [0, 0.05) is 25.7 Å². The standard InChI is InChI=1S/C15H27N5O2/c1-11(2)14(15(21)19-5-7-22-8-6-19)16-9-13-10-20(12(3)4)18-17-13/h10-12,14,16H,5-9H2,1-4H3/t14-/m0/s1. The molecule has 0 bridgehead atoms. The van der Waals surface area contributed by atoms with Crippen molar-refractivity contribution in [1.82, 2.24) is 25.2 Å². The second-order valence-electron chi connectivity index (χ2n) is 6.32. The van der Waals surface area contributed by atoms with Gasteiger partial charge in [-0.15, -0.1) is 5.10 Å². The van der Waals surface area contributed by atoms with E-state index in [1.807, 2.05) is 15.8 Å². The van der Waals surface area contributed by atoms with Gasteiger partial charge in [0.05, 0.1) is 31.1 Å². The highest BCUT2D eigenvalue weighted by Gasteiger charge is 2.28. The number of amides is 1. The van der Waals surface area contributed by atoms with Crippen LogP contribution in [0.25, 0.3) is 0 Å². The number of hydrogen-bond acceptors (Lipinski definition) is 5. The maximum atomic E-state index is 12.6. The molecule has 0 spiro atoms. The molecule has 0 aromatic carbocycles. The summed E-state index contributed by atoms with van der Waals surface area (Å²) in [5.74, 6) is 0.366. The predicted molar refractivity (Wildman–Crippen MR) is 83.3 cm³/mol. The Labute approximate surface area is 132 Å². The molecule has 2 rings (SSSR count). The van der Waals surface area contributed by atoms with Crippen LogP contribution in [0.2, 0.25) is 0 Å². The molecule has 0 unspecified atom stereocenters. The topological polar surface area (TPSA) is 72.3 Å². The van der Waals surface area contributed by atoms with Gasteiger partial charge in [-0.2, -0.15) is 0 Å². The highest BCUT2D eigenvalue weighted by Crippen LogP contribution is 2.10. The van der Waals surface area contributed by atoms with Gasteiger partial charge in [-0.1, -0.05) is 19.1 Å². The van der Waals surface area contributed by atoms with Crippen molar-refractivity contribution in [2.75, 3.05) is 26.3 Å². The van der Waals surface area contributed by atoms with Crippen LogP contribution in [0.4, 0.5) is 0 Å². The Kier molecular flexibility index (Phi) is 5.90. The lowest BCUT2D eigenvalue weighted by molar-refractivity contribution is -0.138. The van der Waals surface area contributed by atoms with E-state index in [0.29, 0.717) is 32.8 Å². The first kappa shape index (κ1) is 16.9. The Morgan fingerprint density at radius 3 is 2.55 bits per heavy atom. The summed E-state index contributed by atoms with van der Waals surface area (Å²) < 4.78 is 7.13. The molecule has 1 atom stereocenters. The molecule has 2 heterocycles. The van der Waals surface area contributed by atoms with Crippen molar-refractivity contribution in [3.8, 4) is 0 Å². The van der Waals surface area contributed by atoms with Gasteiger partial charge in [0.15, 0.2) is 0 Å². The van der Waals surface area contributed by atoms with Crippen molar-refractivity contribution in [2.24, 2.45) is 5.92 Å². The van der Waals surface area contributed by atoms with Gasteiger partial charge in [-0.25, -0.2) is 4.68 Å². The zero-order chi connectivity index (χ0) is 16.1. The molecule has 1 saturated heterocycles. The van der Waals surface area contributed by atoms with E-state index in [2.05, 4.69) is 43.3 Å². The van der Waals surface area contributed by atoms with Crippen molar-refractivity contribution >= 4 is 5.91 Å². The fraction of sp³-hybridized carbons (Fsp3) is 0.800. The van der Waals surface area contributed by atoms with Crippen LogP contribution in [0.5, 0.6) is 0 Å². The zero-order valence-corrected chi connectivity index (χ0v) is 14.0. The molecular formula is C15H27N5O2. The summed E-state index contributed by atoms with van der Waals surface area (Å²) in [6, 6.07) is 0.0828. The van der Waals surface area contributed by atoms with Gasteiger partial charge in [0.25, 0.3) is 0 Å². The van der Waals surface area contributed by atoms with Gasteiger partial charge in [0.1, 0.15) is 0 Å². The maximum Gasteiger partial charge on any atom is 0.240 e. The number of hydrogen-bond donors (Lipinski definition) is 1. The molecule has 0 aliphatic carbocycles. The number of carbonyl (C=O) groups excluding carboxylic acids is 1. The van der Waals surface area contributed by atoms with Crippen LogP contribution in [-0.2, 0) is 16.1 Å².